The minimum absolute atomic E-state index is 0.604. The van der Waals surface area contributed by atoms with Gasteiger partial charge in [-0.15, -0.1) is 0 Å². The van der Waals surface area contributed by atoms with Crippen molar-refractivity contribution in [2.75, 3.05) is 32.4 Å². The quantitative estimate of drug-likeness (QED) is 0.224. The summed E-state index contributed by atoms with van der Waals surface area (Å²) in [5.41, 5.74) is 0. The number of rotatable bonds is 14. The lowest BCUT2D eigenvalue weighted by Gasteiger charge is -2.34. The predicted octanol–water partition coefficient (Wildman–Crippen LogP) is 5.48. The third-order valence-electron chi connectivity index (χ3n) is 5.49. The summed E-state index contributed by atoms with van der Waals surface area (Å²) in [7, 11) is -3.92. The van der Waals surface area contributed by atoms with Gasteiger partial charge in [0.1, 0.15) is 0 Å². The molecule has 0 aromatic carbocycles. The zero-order valence-electron chi connectivity index (χ0n) is 17.8. The van der Waals surface area contributed by atoms with Crippen molar-refractivity contribution in [3.8, 4) is 0 Å². The van der Waals surface area contributed by atoms with Gasteiger partial charge in [-0.3, -0.25) is 0 Å². The fourth-order valence-corrected chi connectivity index (χ4v) is 3.99. The van der Waals surface area contributed by atoms with Crippen LogP contribution in [-0.4, -0.2) is 49.9 Å². The normalized spacial score (nSPS) is 16.3. The molecule has 0 aromatic heterocycles. The van der Waals surface area contributed by atoms with Gasteiger partial charge in [0.15, 0.2) is 0 Å². The second kappa shape index (κ2) is 15.9. The Balaban J connectivity index is 0.00000110. The molecule has 5 heteroatoms. The standard InChI is InChI=1S/C20H42N.CH4O3S/c1-3-5-7-8-9-10-11-12-13-14-18-21(17-6-4-2)19-15-16-20-21;1-5(2,3)4/h3-20H2,1-2H3;1H3,(H,2,3,4)/q+1;/p-1. The molecule has 1 saturated heterocycles. The lowest BCUT2D eigenvalue weighted by Crippen LogP contribution is -2.46. The van der Waals surface area contributed by atoms with Gasteiger partial charge in [-0.05, 0) is 19.3 Å². The van der Waals surface area contributed by atoms with E-state index in [1.54, 1.807) is 0 Å². The highest BCUT2D eigenvalue weighted by atomic mass is 32.2. The van der Waals surface area contributed by atoms with Gasteiger partial charge in [-0.1, -0.05) is 71.6 Å². The van der Waals surface area contributed by atoms with Crippen molar-refractivity contribution in [1.82, 2.24) is 0 Å². The minimum Gasteiger partial charge on any atom is -0.748 e. The van der Waals surface area contributed by atoms with Gasteiger partial charge in [0.2, 0.25) is 0 Å². The minimum atomic E-state index is -3.92. The Bertz CT molecular complexity index is 395. The Morgan fingerprint density at radius 1 is 0.692 bits per heavy atom. The fourth-order valence-electron chi connectivity index (χ4n) is 3.99. The summed E-state index contributed by atoms with van der Waals surface area (Å²) < 4.78 is 28.7. The number of hydrogen-bond acceptors (Lipinski definition) is 3. The van der Waals surface area contributed by atoms with Gasteiger partial charge in [-0.25, -0.2) is 8.42 Å². The van der Waals surface area contributed by atoms with Crippen LogP contribution in [0.3, 0.4) is 0 Å². The summed E-state index contributed by atoms with van der Waals surface area (Å²) in [5.74, 6) is 0. The van der Waals surface area contributed by atoms with Crippen molar-refractivity contribution >= 4 is 10.1 Å². The van der Waals surface area contributed by atoms with Crippen LogP contribution in [0.1, 0.15) is 104 Å². The van der Waals surface area contributed by atoms with Gasteiger partial charge < -0.3 is 9.04 Å². The molecule has 1 fully saturated rings. The summed E-state index contributed by atoms with van der Waals surface area (Å²) in [5, 5.41) is 0. The molecule has 1 aliphatic rings. The SMILES string of the molecule is CCCCCCCCCCCC[N+]1(CCCC)CCCC1.CS(=O)(=O)[O-]. The highest BCUT2D eigenvalue weighted by Crippen LogP contribution is 2.22. The molecule has 0 aromatic rings. The smallest absolute Gasteiger partial charge is 0.0916 e. The maximum absolute atomic E-state index is 9.08. The maximum atomic E-state index is 9.08. The van der Waals surface area contributed by atoms with E-state index in [2.05, 4.69) is 13.8 Å². The Kier molecular flexibility index (Phi) is 15.8. The molecule has 0 amide bonds. The average molecular weight is 392 g/mol. The molecule has 1 rings (SSSR count). The number of quaternary nitrogens is 1. The molecule has 0 saturated carbocycles. The molecule has 0 spiro atoms. The first-order valence-electron chi connectivity index (χ1n) is 11.1. The molecule has 0 N–H and O–H groups in total. The zero-order valence-corrected chi connectivity index (χ0v) is 18.6. The van der Waals surface area contributed by atoms with Crippen LogP contribution in [0.25, 0.3) is 0 Å². The lowest BCUT2D eigenvalue weighted by molar-refractivity contribution is -0.917. The van der Waals surface area contributed by atoms with Gasteiger partial charge in [0.05, 0.1) is 36.3 Å². The Morgan fingerprint density at radius 3 is 1.46 bits per heavy atom. The fraction of sp³-hybridized carbons (Fsp3) is 1.00. The monoisotopic (exact) mass is 391 g/mol. The van der Waals surface area contributed by atoms with E-state index in [0.29, 0.717) is 6.26 Å². The van der Waals surface area contributed by atoms with Crippen LogP contribution in [0.2, 0.25) is 0 Å². The van der Waals surface area contributed by atoms with Crippen LogP contribution < -0.4 is 0 Å². The Labute approximate surface area is 164 Å². The molecular weight excluding hydrogens is 346 g/mol. The highest BCUT2D eigenvalue weighted by molar-refractivity contribution is 7.84. The largest absolute Gasteiger partial charge is 0.748 e. The van der Waals surface area contributed by atoms with Gasteiger partial charge >= 0.3 is 0 Å². The number of unbranched alkanes of at least 4 members (excludes halogenated alkanes) is 10. The van der Waals surface area contributed by atoms with Crippen molar-refractivity contribution in [2.45, 2.75) is 104 Å². The van der Waals surface area contributed by atoms with Crippen molar-refractivity contribution < 1.29 is 17.5 Å². The number of likely N-dealkylation sites (tertiary alicyclic amines) is 1. The second-order valence-electron chi connectivity index (χ2n) is 8.18. The van der Waals surface area contributed by atoms with E-state index in [0.717, 1.165) is 0 Å². The summed E-state index contributed by atoms with van der Waals surface area (Å²) >= 11 is 0. The molecule has 158 valence electrons. The van der Waals surface area contributed by atoms with E-state index in [-0.39, 0.29) is 0 Å². The molecule has 26 heavy (non-hydrogen) atoms. The maximum Gasteiger partial charge on any atom is 0.0916 e. The first kappa shape index (κ1) is 25.9. The van der Waals surface area contributed by atoms with Gasteiger partial charge in [0.25, 0.3) is 0 Å². The lowest BCUT2D eigenvalue weighted by atomic mass is 10.1. The molecule has 0 radical (unpaired) electrons. The summed E-state index contributed by atoms with van der Waals surface area (Å²) in [6, 6.07) is 0. The van der Waals surface area contributed by atoms with Crippen molar-refractivity contribution in [3.05, 3.63) is 0 Å². The van der Waals surface area contributed by atoms with Gasteiger partial charge in [0, 0.05) is 19.1 Å². The van der Waals surface area contributed by atoms with E-state index in [9.17, 15) is 0 Å². The third-order valence-corrected chi connectivity index (χ3v) is 5.49. The van der Waals surface area contributed by atoms with Crippen molar-refractivity contribution in [1.29, 1.82) is 0 Å². The summed E-state index contributed by atoms with van der Waals surface area (Å²) in [4.78, 5) is 0. The van der Waals surface area contributed by atoms with Gasteiger partial charge in [-0.2, -0.15) is 0 Å². The summed E-state index contributed by atoms with van der Waals surface area (Å²) in [6.07, 6.45) is 21.1. The second-order valence-corrected chi connectivity index (χ2v) is 9.59. The Hall–Kier alpha value is -0.130. The first-order chi connectivity index (χ1) is 12.3. The van der Waals surface area contributed by atoms with Crippen LogP contribution in [-0.2, 0) is 10.1 Å². The van der Waals surface area contributed by atoms with E-state index < -0.39 is 10.1 Å². The zero-order chi connectivity index (χ0) is 19.7. The third kappa shape index (κ3) is 17.3. The van der Waals surface area contributed by atoms with Crippen LogP contribution in [0.15, 0.2) is 0 Å². The predicted molar refractivity (Wildman–Crippen MR) is 111 cm³/mol. The van der Waals surface area contributed by atoms with Crippen molar-refractivity contribution in [3.63, 3.8) is 0 Å². The molecule has 0 aliphatic carbocycles. The van der Waals surface area contributed by atoms with E-state index >= 15 is 0 Å². The highest BCUT2D eigenvalue weighted by Gasteiger charge is 2.30. The van der Waals surface area contributed by atoms with Crippen LogP contribution in [0.5, 0.6) is 0 Å². The number of nitrogens with zero attached hydrogens (tertiary/aromatic N) is 1. The molecule has 0 atom stereocenters. The average Bonchev–Trinajstić information content (AvgIpc) is 3.02. The molecule has 4 nitrogen and oxygen atoms in total. The topological polar surface area (TPSA) is 57.2 Å². The van der Waals surface area contributed by atoms with Crippen LogP contribution in [0.4, 0.5) is 0 Å². The molecular formula is C21H45NO3S. The number of hydrogen-bond donors (Lipinski definition) is 0. The van der Waals surface area contributed by atoms with E-state index in [4.69, 9.17) is 13.0 Å². The van der Waals surface area contributed by atoms with Crippen LogP contribution in [0, 0.1) is 0 Å². The van der Waals surface area contributed by atoms with Crippen LogP contribution >= 0.6 is 0 Å². The van der Waals surface area contributed by atoms with Crippen molar-refractivity contribution in [2.24, 2.45) is 0 Å². The van der Waals surface area contributed by atoms with E-state index in [1.165, 1.54) is 121 Å². The molecule has 1 heterocycles. The summed E-state index contributed by atoms with van der Waals surface area (Å²) in [6.45, 7) is 10.6. The molecule has 1 aliphatic heterocycles. The Morgan fingerprint density at radius 2 is 1.04 bits per heavy atom. The molecule has 0 bridgehead atoms. The molecule has 0 unspecified atom stereocenters. The van der Waals surface area contributed by atoms with E-state index in [1.807, 2.05) is 0 Å². The first-order valence-corrected chi connectivity index (χ1v) is 12.9.